The van der Waals surface area contributed by atoms with E-state index in [4.69, 9.17) is 0 Å². The van der Waals surface area contributed by atoms with Crippen LogP contribution in [0, 0.1) is 0 Å². The second-order valence-corrected chi connectivity index (χ2v) is 14.9. The molecule has 0 fully saturated rings. The molecule has 0 aromatic heterocycles. The summed E-state index contributed by atoms with van der Waals surface area (Å²) >= 11 is 0. The molecule has 0 aliphatic carbocycles. The van der Waals surface area contributed by atoms with E-state index >= 15 is 0 Å². The average Bonchev–Trinajstić information content (AvgIpc) is 3.29. The van der Waals surface area contributed by atoms with Crippen molar-refractivity contribution in [3.05, 3.63) is 224 Å². The normalized spacial score (nSPS) is 11.5. The summed E-state index contributed by atoms with van der Waals surface area (Å²) in [6.07, 6.45) is 0. The van der Waals surface area contributed by atoms with Crippen molar-refractivity contribution >= 4 is 70.9 Å². The van der Waals surface area contributed by atoms with Crippen molar-refractivity contribution in [2.45, 2.75) is 0 Å². The number of nitrogens with zero attached hydrogens (tertiary/aromatic N) is 1. The van der Waals surface area contributed by atoms with Crippen LogP contribution in [-0.2, 0) is 0 Å². The SMILES string of the molecule is c1ccc(-c2cc(-c3ccccc3)c3c4ccc(N(c5ccccc5)c5ccc6ccccc6c5)cc4c4ccccc4c3c2-c2ccc3ccccc3c2)cc1. The number of hydrogen-bond donors (Lipinski definition) is 0. The first kappa shape index (κ1) is 32.9. The fourth-order valence-electron chi connectivity index (χ4n) is 8.96. The van der Waals surface area contributed by atoms with Crippen LogP contribution in [0.1, 0.15) is 0 Å². The summed E-state index contributed by atoms with van der Waals surface area (Å²) in [5, 5.41) is 12.4. The van der Waals surface area contributed by atoms with Crippen molar-refractivity contribution in [3.8, 4) is 33.4 Å². The van der Waals surface area contributed by atoms with Crippen molar-refractivity contribution < 1.29 is 0 Å². The summed E-state index contributed by atoms with van der Waals surface area (Å²) < 4.78 is 0. The fourth-order valence-corrected chi connectivity index (χ4v) is 8.96. The third kappa shape index (κ3) is 5.63. The molecule has 0 atom stereocenters. The van der Waals surface area contributed by atoms with Gasteiger partial charge in [0, 0.05) is 17.1 Å². The standard InChI is InChI=1S/C56H37N/c1-4-18-40(19-5-1)51-37-52(41-20-6-2-7-21-41)55-50-33-32-47(57(45-24-8-3-9-25-45)46-31-30-39-17-11-13-23-43(39)35-46)36-53(50)48-26-14-15-27-49(48)56(55)54(51)44-29-28-38-16-10-12-22-42(38)34-44/h1-37H. The Morgan fingerprint density at radius 1 is 0.246 bits per heavy atom. The third-order valence-corrected chi connectivity index (χ3v) is 11.6. The monoisotopic (exact) mass is 723 g/mol. The van der Waals surface area contributed by atoms with Crippen LogP contribution in [0.3, 0.4) is 0 Å². The first-order valence-electron chi connectivity index (χ1n) is 19.7. The van der Waals surface area contributed by atoms with E-state index in [1.807, 2.05) is 0 Å². The predicted molar refractivity (Wildman–Crippen MR) is 245 cm³/mol. The number of rotatable bonds is 6. The van der Waals surface area contributed by atoms with Crippen molar-refractivity contribution in [1.29, 1.82) is 0 Å². The molecule has 57 heavy (non-hydrogen) atoms. The molecule has 0 saturated carbocycles. The van der Waals surface area contributed by atoms with E-state index in [-0.39, 0.29) is 0 Å². The van der Waals surface area contributed by atoms with Gasteiger partial charge >= 0.3 is 0 Å². The highest BCUT2D eigenvalue weighted by Crippen LogP contribution is 2.50. The van der Waals surface area contributed by atoms with Gasteiger partial charge in [0.1, 0.15) is 0 Å². The molecule has 0 amide bonds. The molecule has 0 saturated heterocycles. The minimum absolute atomic E-state index is 1.12. The molecule has 0 N–H and O–H groups in total. The van der Waals surface area contributed by atoms with Crippen molar-refractivity contribution in [3.63, 3.8) is 0 Å². The van der Waals surface area contributed by atoms with E-state index in [1.165, 1.54) is 87.2 Å². The highest BCUT2D eigenvalue weighted by atomic mass is 15.1. The zero-order valence-corrected chi connectivity index (χ0v) is 31.3. The third-order valence-electron chi connectivity index (χ3n) is 11.6. The van der Waals surface area contributed by atoms with Gasteiger partial charge in [-0.25, -0.2) is 0 Å². The lowest BCUT2D eigenvalue weighted by Gasteiger charge is -2.27. The molecule has 0 aliphatic rings. The molecular weight excluding hydrogens is 687 g/mol. The summed E-state index contributed by atoms with van der Waals surface area (Å²) in [6.45, 7) is 0. The van der Waals surface area contributed by atoms with Gasteiger partial charge in [-0.05, 0) is 136 Å². The van der Waals surface area contributed by atoms with Crippen LogP contribution in [0.4, 0.5) is 17.1 Å². The summed E-state index contributed by atoms with van der Waals surface area (Å²) in [5.41, 5.74) is 10.7. The molecule has 0 aliphatic heterocycles. The van der Waals surface area contributed by atoms with Crippen LogP contribution in [-0.4, -0.2) is 0 Å². The highest BCUT2D eigenvalue weighted by Gasteiger charge is 2.23. The molecule has 11 aromatic rings. The Morgan fingerprint density at radius 3 is 1.46 bits per heavy atom. The number of hydrogen-bond acceptors (Lipinski definition) is 1. The second kappa shape index (κ2) is 13.7. The first-order valence-corrected chi connectivity index (χ1v) is 19.7. The van der Waals surface area contributed by atoms with E-state index in [0.717, 1.165) is 17.1 Å². The van der Waals surface area contributed by atoms with Gasteiger partial charge < -0.3 is 4.90 Å². The van der Waals surface area contributed by atoms with Crippen LogP contribution >= 0.6 is 0 Å². The first-order chi connectivity index (χ1) is 28.3. The van der Waals surface area contributed by atoms with Crippen LogP contribution in [0.15, 0.2) is 224 Å². The minimum atomic E-state index is 1.12. The highest BCUT2D eigenvalue weighted by molar-refractivity contribution is 6.33. The van der Waals surface area contributed by atoms with Crippen LogP contribution < -0.4 is 4.90 Å². The molecule has 0 spiro atoms. The molecule has 11 rings (SSSR count). The molecule has 266 valence electrons. The molecule has 0 heterocycles. The Bertz CT molecular complexity index is 3280. The van der Waals surface area contributed by atoms with Gasteiger partial charge in [-0.1, -0.05) is 176 Å². The van der Waals surface area contributed by atoms with Crippen LogP contribution in [0.2, 0.25) is 0 Å². The summed E-state index contributed by atoms with van der Waals surface area (Å²) in [6, 6.07) is 82.2. The molecule has 11 aromatic carbocycles. The average molecular weight is 724 g/mol. The van der Waals surface area contributed by atoms with Gasteiger partial charge in [-0.15, -0.1) is 0 Å². The van der Waals surface area contributed by atoms with Gasteiger partial charge in [0.15, 0.2) is 0 Å². The Labute approximate surface area is 332 Å². The lowest BCUT2D eigenvalue weighted by Crippen LogP contribution is -2.09. The van der Waals surface area contributed by atoms with Crippen molar-refractivity contribution in [1.82, 2.24) is 0 Å². The molecule has 0 radical (unpaired) electrons. The smallest absolute Gasteiger partial charge is 0.0468 e. The van der Waals surface area contributed by atoms with E-state index in [1.54, 1.807) is 0 Å². The fraction of sp³-hybridized carbons (Fsp3) is 0. The lowest BCUT2D eigenvalue weighted by molar-refractivity contribution is 1.29. The van der Waals surface area contributed by atoms with E-state index < -0.39 is 0 Å². The molecule has 0 unspecified atom stereocenters. The Balaban J connectivity index is 1.28. The minimum Gasteiger partial charge on any atom is -0.310 e. The van der Waals surface area contributed by atoms with Crippen LogP contribution in [0.25, 0.3) is 87.2 Å². The van der Waals surface area contributed by atoms with Crippen LogP contribution in [0.5, 0.6) is 0 Å². The van der Waals surface area contributed by atoms with Crippen molar-refractivity contribution in [2.24, 2.45) is 0 Å². The van der Waals surface area contributed by atoms with Gasteiger partial charge in [-0.3, -0.25) is 0 Å². The zero-order valence-electron chi connectivity index (χ0n) is 31.3. The Kier molecular flexibility index (Phi) is 7.89. The Hall–Kier alpha value is -7.48. The number of para-hydroxylation sites is 1. The maximum atomic E-state index is 2.45. The summed E-state index contributed by atoms with van der Waals surface area (Å²) in [7, 11) is 0. The number of anilines is 3. The van der Waals surface area contributed by atoms with Crippen molar-refractivity contribution in [2.75, 3.05) is 4.90 Å². The molecule has 0 bridgehead atoms. The number of fused-ring (bicyclic) bond motifs is 8. The maximum absolute atomic E-state index is 2.45. The molecule has 1 heteroatoms. The zero-order chi connectivity index (χ0) is 37.7. The van der Waals surface area contributed by atoms with Gasteiger partial charge in [0.2, 0.25) is 0 Å². The summed E-state index contributed by atoms with van der Waals surface area (Å²) in [5.74, 6) is 0. The predicted octanol–water partition coefficient (Wildman–Crippen LogP) is 15.9. The molecule has 1 nitrogen and oxygen atoms in total. The topological polar surface area (TPSA) is 3.24 Å². The van der Waals surface area contributed by atoms with Gasteiger partial charge in [0.25, 0.3) is 0 Å². The second-order valence-electron chi connectivity index (χ2n) is 14.9. The number of benzene rings is 11. The van der Waals surface area contributed by atoms with E-state index in [9.17, 15) is 0 Å². The Morgan fingerprint density at radius 2 is 0.754 bits per heavy atom. The quantitative estimate of drug-likeness (QED) is 0.154. The maximum Gasteiger partial charge on any atom is 0.0468 e. The lowest BCUT2D eigenvalue weighted by atomic mass is 9.81. The van der Waals surface area contributed by atoms with E-state index in [0.29, 0.717) is 0 Å². The summed E-state index contributed by atoms with van der Waals surface area (Å²) in [4.78, 5) is 2.39. The largest absolute Gasteiger partial charge is 0.310 e. The molecular formula is C56H37N. The van der Waals surface area contributed by atoms with Gasteiger partial charge in [-0.2, -0.15) is 0 Å². The van der Waals surface area contributed by atoms with E-state index in [2.05, 4.69) is 229 Å². The van der Waals surface area contributed by atoms with Gasteiger partial charge in [0.05, 0.1) is 0 Å².